The van der Waals surface area contributed by atoms with Crippen molar-refractivity contribution in [2.24, 2.45) is 0 Å². The van der Waals surface area contributed by atoms with Crippen LogP contribution >= 0.6 is 15.9 Å². The Labute approximate surface area is 240 Å². The van der Waals surface area contributed by atoms with Crippen LogP contribution in [0.4, 0.5) is 5.69 Å². The molecule has 0 bridgehead atoms. The van der Waals surface area contributed by atoms with Gasteiger partial charge in [0.1, 0.15) is 12.6 Å². The summed E-state index contributed by atoms with van der Waals surface area (Å²) in [6, 6.07) is 18.5. The number of rotatable bonds is 10. The van der Waals surface area contributed by atoms with Crippen LogP contribution in [0, 0.1) is 20.8 Å². The van der Waals surface area contributed by atoms with E-state index in [2.05, 4.69) is 21.2 Å². The maximum atomic E-state index is 14.0. The van der Waals surface area contributed by atoms with E-state index < -0.39 is 28.5 Å². The molecule has 0 aromatic heterocycles. The summed E-state index contributed by atoms with van der Waals surface area (Å²) < 4.78 is 29.9. The second-order valence-electron chi connectivity index (χ2n) is 10.2. The highest BCUT2D eigenvalue weighted by Gasteiger charge is 2.32. The highest BCUT2D eigenvalue weighted by atomic mass is 79.9. The normalized spacial score (nSPS) is 12.2. The van der Waals surface area contributed by atoms with Gasteiger partial charge in [-0.1, -0.05) is 51.8 Å². The maximum absolute atomic E-state index is 14.0. The molecule has 0 aliphatic heterocycles. The number of carbonyl (C=O) groups excluding carboxylic acids is 2. The summed E-state index contributed by atoms with van der Waals surface area (Å²) in [6.07, 6.45) is 0. The molecule has 2 amide bonds. The molecule has 0 spiro atoms. The number of nitrogens with one attached hydrogen (secondary N) is 1. The molecule has 9 heteroatoms. The summed E-state index contributed by atoms with van der Waals surface area (Å²) in [7, 11) is -4.10. The Morgan fingerprint density at radius 2 is 1.49 bits per heavy atom. The van der Waals surface area contributed by atoms with E-state index in [9.17, 15) is 18.0 Å². The molecular formula is C30H36BrN3O4S. The molecule has 3 aromatic carbocycles. The van der Waals surface area contributed by atoms with Crippen LogP contribution in [-0.2, 0) is 26.2 Å². The number of hydrogen-bond donors (Lipinski definition) is 1. The minimum atomic E-state index is -4.10. The topological polar surface area (TPSA) is 86.8 Å². The first-order valence-corrected chi connectivity index (χ1v) is 15.0. The summed E-state index contributed by atoms with van der Waals surface area (Å²) in [6.45, 7) is 10.7. The van der Waals surface area contributed by atoms with E-state index in [1.807, 2.05) is 65.0 Å². The van der Waals surface area contributed by atoms with Crippen molar-refractivity contribution in [3.63, 3.8) is 0 Å². The zero-order valence-corrected chi connectivity index (χ0v) is 25.6. The Morgan fingerprint density at radius 3 is 2.05 bits per heavy atom. The van der Waals surface area contributed by atoms with E-state index in [4.69, 9.17) is 0 Å². The van der Waals surface area contributed by atoms with Gasteiger partial charge in [-0.05, 0) is 94.6 Å². The van der Waals surface area contributed by atoms with Crippen LogP contribution in [0.15, 0.2) is 76.1 Å². The summed E-state index contributed by atoms with van der Waals surface area (Å²) in [5.41, 5.74) is 3.87. The average Bonchev–Trinajstić information content (AvgIpc) is 2.84. The number of benzene rings is 3. The molecule has 0 aliphatic rings. The van der Waals surface area contributed by atoms with Crippen LogP contribution in [0.5, 0.6) is 0 Å². The Bertz CT molecular complexity index is 1420. The predicted molar refractivity (Wildman–Crippen MR) is 159 cm³/mol. The molecule has 0 fully saturated rings. The van der Waals surface area contributed by atoms with Crippen molar-refractivity contribution in [2.75, 3.05) is 10.8 Å². The van der Waals surface area contributed by atoms with Crippen LogP contribution in [0.25, 0.3) is 0 Å². The molecule has 0 saturated heterocycles. The lowest BCUT2D eigenvalue weighted by Gasteiger charge is -2.32. The molecule has 3 rings (SSSR count). The number of nitrogens with zero attached hydrogens (tertiary/aromatic N) is 2. The van der Waals surface area contributed by atoms with Crippen molar-refractivity contribution in [3.8, 4) is 0 Å². The van der Waals surface area contributed by atoms with Crippen molar-refractivity contribution in [1.82, 2.24) is 10.2 Å². The van der Waals surface area contributed by atoms with E-state index in [1.54, 1.807) is 43.3 Å². The zero-order chi connectivity index (χ0) is 28.9. The van der Waals surface area contributed by atoms with E-state index in [-0.39, 0.29) is 23.4 Å². The minimum Gasteiger partial charge on any atom is -0.352 e. The predicted octanol–water partition coefficient (Wildman–Crippen LogP) is 5.51. The van der Waals surface area contributed by atoms with Gasteiger partial charge in [0.05, 0.1) is 10.6 Å². The minimum absolute atomic E-state index is 0.0872. The van der Waals surface area contributed by atoms with Crippen molar-refractivity contribution in [3.05, 3.63) is 93.5 Å². The highest BCUT2D eigenvalue weighted by Crippen LogP contribution is 2.27. The number of carbonyl (C=O) groups is 2. The largest absolute Gasteiger partial charge is 0.352 e. The summed E-state index contributed by atoms with van der Waals surface area (Å²) in [4.78, 5) is 28.5. The van der Waals surface area contributed by atoms with Crippen molar-refractivity contribution in [1.29, 1.82) is 0 Å². The molecule has 0 radical (unpaired) electrons. The van der Waals surface area contributed by atoms with E-state index in [0.29, 0.717) is 5.69 Å². The molecular weight excluding hydrogens is 578 g/mol. The van der Waals surface area contributed by atoms with Crippen molar-refractivity contribution in [2.45, 2.75) is 65.1 Å². The molecule has 1 N–H and O–H groups in total. The quantitative estimate of drug-likeness (QED) is 0.326. The summed E-state index contributed by atoms with van der Waals surface area (Å²) >= 11 is 3.46. The molecule has 0 saturated carbocycles. The molecule has 39 heavy (non-hydrogen) atoms. The average molecular weight is 615 g/mol. The number of aryl methyl sites for hydroxylation is 3. The van der Waals surface area contributed by atoms with Gasteiger partial charge in [0.15, 0.2) is 0 Å². The highest BCUT2D eigenvalue weighted by molar-refractivity contribution is 9.10. The monoisotopic (exact) mass is 613 g/mol. The van der Waals surface area contributed by atoms with Crippen LogP contribution in [0.3, 0.4) is 0 Å². The van der Waals surface area contributed by atoms with E-state index in [0.717, 1.165) is 31.0 Å². The fourth-order valence-corrected chi connectivity index (χ4v) is 6.13. The number of sulfonamides is 1. The van der Waals surface area contributed by atoms with Gasteiger partial charge in [0.25, 0.3) is 10.0 Å². The maximum Gasteiger partial charge on any atom is 0.264 e. The molecule has 1 atom stereocenters. The van der Waals surface area contributed by atoms with Gasteiger partial charge in [0, 0.05) is 17.1 Å². The Morgan fingerprint density at radius 1 is 0.872 bits per heavy atom. The van der Waals surface area contributed by atoms with Crippen LogP contribution < -0.4 is 9.62 Å². The second kappa shape index (κ2) is 12.8. The third-order valence-electron chi connectivity index (χ3n) is 6.22. The summed E-state index contributed by atoms with van der Waals surface area (Å²) in [5, 5.41) is 2.86. The fourth-order valence-electron chi connectivity index (χ4n) is 4.28. The van der Waals surface area contributed by atoms with Gasteiger partial charge >= 0.3 is 0 Å². The number of anilines is 1. The molecule has 1 unspecified atom stereocenters. The van der Waals surface area contributed by atoms with Crippen molar-refractivity contribution >= 4 is 43.5 Å². The molecule has 208 valence electrons. The van der Waals surface area contributed by atoms with Gasteiger partial charge in [-0.25, -0.2) is 8.42 Å². The zero-order valence-electron chi connectivity index (χ0n) is 23.2. The Kier molecular flexibility index (Phi) is 9.96. The first-order chi connectivity index (χ1) is 18.3. The van der Waals surface area contributed by atoms with Crippen LogP contribution in [0.2, 0.25) is 0 Å². The molecule has 0 heterocycles. The lowest BCUT2D eigenvalue weighted by Crippen LogP contribution is -2.52. The smallest absolute Gasteiger partial charge is 0.264 e. The fraction of sp³-hybridized carbons (Fsp3) is 0.333. The van der Waals surface area contributed by atoms with Crippen LogP contribution in [-0.4, -0.2) is 43.8 Å². The first kappa shape index (κ1) is 30.4. The lowest BCUT2D eigenvalue weighted by molar-refractivity contribution is -0.139. The summed E-state index contributed by atoms with van der Waals surface area (Å²) in [5.74, 6) is -0.802. The van der Waals surface area contributed by atoms with Crippen molar-refractivity contribution < 1.29 is 18.0 Å². The number of hydrogen-bond acceptors (Lipinski definition) is 4. The van der Waals surface area contributed by atoms with E-state index >= 15 is 0 Å². The van der Waals surface area contributed by atoms with Gasteiger partial charge in [-0.2, -0.15) is 0 Å². The Balaban J connectivity index is 2.07. The lowest BCUT2D eigenvalue weighted by atomic mass is 10.1. The van der Waals surface area contributed by atoms with Crippen LogP contribution in [0.1, 0.15) is 43.0 Å². The second-order valence-corrected chi connectivity index (χ2v) is 12.9. The number of amides is 2. The molecule has 0 aliphatic carbocycles. The third-order valence-corrected chi connectivity index (χ3v) is 8.50. The first-order valence-electron chi connectivity index (χ1n) is 12.8. The standard InChI is InChI=1S/C30H36BrN3O4S/c1-20(2)32-30(36)24(6)33(18-25-8-7-9-26(31)17-25)29(35)19-34(27-15-22(4)14-23(5)16-27)39(37,38)28-12-10-21(3)11-13-28/h7-17,20,24H,18-19H2,1-6H3,(H,32,36). The Hall–Kier alpha value is -3.17. The van der Waals surface area contributed by atoms with Gasteiger partial charge in [-0.3, -0.25) is 13.9 Å². The van der Waals surface area contributed by atoms with Gasteiger partial charge < -0.3 is 10.2 Å². The van der Waals surface area contributed by atoms with E-state index in [1.165, 1.54) is 4.90 Å². The third kappa shape index (κ3) is 7.92. The van der Waals surface area contributed by atoms with Gasteiger partial charge in [-0.15, -0.1) is 0 Å². The van der Waals surface area contributed by atoms with Gasteiger partial charge in [0.2, 0.25) is 11.8 Å². The SMILES string of the molecule is Cc1ccc(S(=O)(=O)N(CC(=O)N(Cc2cccc(Br)c2)C(C)C(=O)NC(C)C)c2cc(C)cc(C)c2)cc1. The molecule has 3 aromatic rings. The number of halogens is 1. The molecule has 7 nitrogen and oxygen atoms in total.